The van der Waals surface area contributed by atoms with Crippen LogP contribution in [-0.2, 0) is 13.5 Å². The summed E-state index contributed by atoms with van der Waals surface area (Å²) < 4.78 is 7.28. The van der Waals surface area contributed by atoms with Gasteiger partial charge in [-0.25, -0.2) is 5.43 Å². The standard InChI is InChI=1S/C15H22N4O/c1-5-13-12(9-19(3)18-13)15(17-16)11-8-10(2)6-7-14(11)20-4/h6-9,15,17H,5,16H2,1-4H3. The van der Waals surface area contributed by atoms with Crippen molar-refractivity contribution < 1.29 is 4.74 Å². The van der Waals surface area contributed by atoms with Crippen LogP contribution in [0.5, 0.6) is 5.75 Å². The first-order valence-electron chi connectivity index (χ1n) is 6.73. The first-order chi connectivity index (χ1) is 9.60. The predicted octanol–water partition coefficient (Wildman–Crippen LogP) is 1.85. The van der Waals surface area contributed by atoms with Crippen LogP contribution in [0.2, 0.25) is 0 Å². The minimum Gasteiger partial charge on any atom is -0.496 e. The van der Waals surface area contributed by atoms with E-state index in [0.717, 1.165) is 29.0 Å². The van der Waals surface area contributed by atoms with Crippen LogP contribution in [0.1, 0.15) is 35.3 Å². The number of ether oxygens (including phenoxy) is 1. The average Bonchev–Trinajstić information content (AvgIpc) is 2.81. The van der Waals surface area contributed by atoms with Crippen LogP contribution in [0.25, 0.3) is 0 Å². The van der Waals surface area contributed by atoms with Gasteiger partial charge in [0.1, 0.15) is 5.75 Å². The Hall–Kier alpha value is -1.85. The fourth-order valence-electron chi connectivity index (χ4n) is 2.50. The molecule has 0 amide bonds. The topological polar surface area (TPSA) is 65.1 Å². The lowest BCUT2D eigenvalue weighted by Gasteiger charge is -2.19. The van der Waals surface area contributed by atoms with Crippen molar-refractivity contribution in [3.05, 3.63) is 46.8 Å². The van der Waals surface area contributed by atoms with E-state index in [1.54, 1.807) is 7.11 Å². The Labute approximate surface area is 119 Å². The number of aromatic nitrogens is 2. The van der Waals surface area contributed by atoms with E-state index in [2.05, 4.69) is 30.4 Å². The van der Waals surface area contributed by atoms with Crippen molar-refractivity contribution in [2.75, 3.05) is 7.11 Å². The molecule has 0 bridgehead atoms. The Morgan fingerprint density at radius 1 is 1.40 bits per heavy atom. The third kappa shape index (κ3) is 2.69. The summed E-state index contributed by atoms with van der Waals surface area (Å²) in [6.45, 7) is 4.15. The lowest BCUT2D eigenvalue weighted by molar-refractivity contribution is 0.404. The highest BCUT2D eigenvalue weighted by atomic mass is 16.5. The van der Waals surface area contributed by atoms with Crippen LogP contribution in [-0.4, -0.2) is 16.9 Å². The summed E-state index contributed by atoms with van der Waals surface area (Å²) in [5.74, 6) is 6.62. The van der Waals surface area contributed by atoms with Gasteiger partial charge in [0.25, 0.3) is 0 Å². The number of aryl methyl sites for hydroxylation is 3. The predicted molar refractivity (Wildman–Crippen MR) is 79.5 cm³/mol. The summed E-state index contributed by atoms with van der Waals surface area (Å²) in [6.07, 6.45) is 2.87. The molecule has 0 saturated heterocycles. The zero-order chi connectivity index (χ0) is 14.7. The van der Waals surface area contributed by atoms with Crippen LogP contribution in [0, 0.1) is 6.92 Å². The summed E-state index contributed by atoms with van der Waals surface area (Å²) in [7, 11) is 3.59. The summed E-state index contributed by atoms with van der Waals surface area (Å²) in [5, 5.41) is 4.48. The molecule has 0 saturated carbocycles. The Balaban J connectivity index is 2.54. The van der Waals surface area contributed by atoms with Crippen molar-refractivity contribution in [2.24, 2.45) is 12.9 Å². The van der Waals surface area contributed by atoms with Crippen molar-refractivity contribution in [3.63, 3.8) is 0 Å². The van der Waals surface area contributed by atoms with Gasteiger partial charge in [0.2, 0.25) is 0 Å². The van der Waals surface area contributed by atoms with E-state index in [1.807, 2.05) is 30.1 Å². The number of rotatable bonds is 5. The molecule has 0 aliphatic carbocycles. The van der Waals surface area contributed by atoms with E-state index in [9.17, 15) is 0 Å². The fraction of sp³-hybridized carbons (Fsp3) is 0.400. The van der Waals surface area contributed by atoms with Crippen molar-refractivity contribution >= 4 is 0 Å². The number of hydrogen-bond acceptors (Lipinski definition) is 4. The molecule has 1 atom stereocenters. The van der Waals surface area contributed by atoms with Crippen molar-refractivity contribution in [1.29, 1.82) is 0 Å². The maximum Gasteiger partial charge on any atom is 0.124 e. The van der Waals surface area contributed by atoms with Gasteiger partial charge in [-0.1, -0.05) is 24.6 Å². The first kappa shape index (κ1) is 14.6. The average molecular weight is 274 g/mol. The largest absolute Gasteiger partial charge is 0.496 e. The van der Waals surface area contributed by atoms with Crippen LogP contribution in [0.3, 0.4) is 0 Å². The molecule has 1 aromatic carbocycles. The van der Waals surface area contributed by atoms with Gasteiger partial charge in [-0.2, -0.15) is 5.10 Å². The molecule has 0 radical (unpaired) electrons. The quantitative estimate of drug-likeness (QED) is 0.645. The van der Waals surface area contributed by atoms with E-state index < -0.39 is 0 Å². The lowest BCUT2D eigenvalue weighted by Crippen LogP contribution is -2.29. The number of methoxy groups -OCH3 is 1. The summed E-state index contributed by atoms with van der Waals surface area (Å²) >= 11 is 0. The first-order valence-corrected chi connectivity index (χ1v) is 6.73. The molecule has 0 aliphatic rings. The lowest BCUT2D eigenvalue weighted by atomic mass is 9.96. The molecule has 1 unspecified atom stereocenters. The van der Waals surface area contributed by atoms with E-state index in [1.165, 1.54) is 5.56 Å². The molecule has 3 N–H and O–H groups in total. The van der Waals surface area contributed by atoms with Gasteiger partial charge in [-0.15, -0.1) is 0 Å². The smallest absolute Gasteiger partial charge is 0.124 e. The van der Waals surface area contributed by atoms with Crippen molar-refractivity contribution in [2.45, 2.75) is 26.3 Å². The van der Waals surface area contributed by atoms with E-state index in [0.29, 0.717) is 0 Å². The van der Waals surface area contributed by atoms with Gasteiger partial charge in [0, 0.05) is 24.4 Å². The van der Waals surface area contributed by atoms with Gasteiger partial charge in [-0.05, 0) is 19.4 Å². The van der Waals surface area contributed by atoms with Gasteiger partial charge < -0.3 is 4.74 Å². The van der Waals surface area contributed by atoms with Crippen LogP contribution in [0.4, 0.5) is 0 Å². The van der Waals surface area contributed by atoms with Gasteiger partial charge >= 0.3 is 0 Å². The molecule has 1 heterocycles. The molecule has 0 spiro atoms. The number of nitrogens with zero attached hydrogens (tertiary/aromatic N) is 2. The van der Waals surface area contributed by atoms with Crippen LogP contribution >= 0.6 is 0 Å². The minimum atomic E-state index is -0.131. The summed E-state index contributed by atoms with van der Waals surface area (Å²) in [6, 6.07) is 5.96. The van der Waals surface area contributed by atoms with E-state index >= 15 is 0 Å². The van der Waals surface area contributed by atoms with Gasteiger partial charge in [-0.3, -0.25) is 10.5 Å². The summed E-state index contributed by atoms with van der Waals surface area (Å²) in [5.41, 5.74) is 7.21. The molecular formula is C15H22N4O. The highest BCUT2D eigenvalue weighted by Crippen LogP contribution is 2.31. The molecule has 5 heteroatoms. The van der Waals surface area contributed by atoms with Crippen molar-refractivity contribution in [3.8, 4) is 5.75 Å². The highest BCUT2D eigenvalue weighted by molar-refractivity contribution is 5.44. The molecule has 5 nitrogen and oxygen atoms in total. The zero-order valence-electron chi connectivity index (χ0n) is 12.5. The van der Waals surface area contributed by atoms with Crippen LogP contribution in [0.15, 0.2) is 24.4 Å². The Kier molecular flexibility index (Phi) is 4.42. The molecular weight excluding hydrogens is 252 g/mol. The fourth-order valence-corrected chi connectivity index (χ4v) is 2.50. The molecule has 108 valence electrons. The van der Waals surface area contributed by atoms with E-state index in [4.69, 9.17) is 10.6 Å². The second kappa shape index (κ2) is 6.07. The third-order valence-electron chi connectivity index (χ3n) is 3.45. The second-order valence-corrected chi connectivity index (χ2v) is 4.90. The summed E-state index contributed by atoms with van der Waals surface area (Å²) in [4.78, 5) is 0. The number of benzene rings is 1. The van der Waals surface area contributed by atoms with Crippen molar-refractivity contribution in [1.82, 2.24) is 15.2 Å². The highest BCUT2D eigenvalue weighted by Gasteiger charge is 2.21. The molecule has 2 rings (SSSR count). The molecule has 2 aromatic rings. The second-order valence-electron chi connectivity index (χ2n) is 4.90. The van der Waals surface area contributed by atoms with E-state index in [-0.39, 0.29) is 6.04 Å². The monoisotopic (exact) mass is 274 g/mol. The Morgan fingerprint density at radius 3 is 2.75 bits per heavy atom. The number of nitrogens with two attached hydrogens (primary N) is 1. The number of nitrogens with one attached hydrogen (secondary N) is 1. The SMILES string of the molecule is CCc1nn(C)cc1C(NN)c1cc(C)ccc1OC. The maximum absolute atomic E-state index is 5.80. The van der Waals surface area contributed by atoms with Gasteiger partial charge in [0.15, 0.2) is 0 Å². The number of hydrogen-bond donors (Lipinski definition) is 2. The Morgan fingerprint density at radius 2 is 2.15 bits per heavy atom. The molecule has 0 fully saturated rings. The maximum atomic E-state index is 5.80. The Bertz CT molecular complexity index is 592. The molecule has 1 aromatic heterocycles. The third-order valence-corrected chi connectivity index (χ3v) is 3.45. The van der Waals surface area contributed by atoms with Gasteiger partial charge in [0.05, 0.1) is 18.8 Å². The van der Waals surface area contributed by atoms with Crippen LogP contribution < -0.4 is 16.0 Å². The molecule has 20 heavy (non-hydrogen) atoms. The zero-order valence-corrected chi connectivity index (χ0v) is 12.5. The molecule has 0 aliphatic heterocycles. The normalized spacial score (nSPS) is 12.4. The number of hydrazine groups is 1. The minimum absolute atomic E-state index is 0.131.